The molecule has 3 nitrogen and oxygen atoms in total. The van der Waals surface area contributed by atoms with E-state index < -0.39 is 12.1 Å². The van der Waals surface area contributed by atoms with E-state index in [1.54, 1.807) is 25.3 Å². The third-order valence-corrected chi connectivity index (χ3v) is 2.92. The van der Waals surface area contributed by atoms with Gasteiger partial charge >= 0.3 is 0 Å². The number of benzene rings is 1. The monoisotopic (exact) mass is 243 g/mol. The number of methoxy groups -OCH3 is 1. The molecule has 90 valence electrons. The van der Waals surface area contributed by atoms with Crippen molar-refractivity contribution in [1.29, 1.82) is 0 Å². The van der Waals surface area contributed by atoms with Crippen molar-refractivity contribution < 1.29 is 9.84 Å². The van der Waals surface area contributed by atoms with E-state index in [-0.39, 0.29) is 5.92 Å². The van der Waals surface area contributed by atoms with Crippen LogP contribution in [0.5, 0.6) is 5.75 Å². The van der Waals surface area contributed by atoms with Crippen molar-refractivity contribution in [3.8, 4) is 5.75 Å². The van der Waals surface area contributed by atoms with Crippen molar-refractivity contribution in [3.63, 3.8) is 0 Å². The van der Waals surface area contributed by atoms with Crippen molar-refractivity contribution in [2.45, 2.75) is 26.0 Å². The van der Waals surface area contributed by atoms with Gasteiger partial charge in [0.2, 0.25) is 0 Å². The van der Waals surface area contributed by atoms with E-state index in [0.717, 1.165) is 5.56 Å². The van der Waals surface area contributed by atoms with E-state index >= 15 is 0 Å². The molecule has 0 aromatic heterocycles. The average molecular weight is 244 g/mol. The van der Waals surface area contributed by atoms with Crippen LogP contribution in [-0.2, 0) is 0 Å². The number of aliphatic hydroxyl groups is 1. The van der Waals surface area contributed by atoms with Crippen LogP contribution in [0.3, 0.4) is 0 Å². The number of hydrogen-bond acceptors (Lipinski definition) is 3. The topological polar surface area (TPSA) is 55.5 Å². The van der Waals surface area contributed by atoms with Crippen LogP contribution in [0.15, 0.2) is 18.2 Å². The van der Waals surface area contributed by atoms with E-state index in [9.17, 15) is 5.11 Å². The molecule has 0 aliphatic carbocycles. The lowest BCUT2D eigenvalue weighted by Gasteiger charge is -2.22. The largest absolute Gasteiger partial charge is 0.495 e. The lowest BCUT2D eigenvalue weighted by atomic mass is 9.94. The van der Waals surface area contributed by atoms with Gasteiger partial charge in [-0.2, -0.15) is 0 Å². The third-order valence-electron chi connectivity index (χ3n) is 2.61. The smallest absolute Gasteiger partial charge is 0.137 e. The Morgan fingerprint density at radius 2 is 2.00 bits per heavy atom. The highest BCUT2D eigenvalue weighted by atomic mass is 35.5. The van der Waals surface area contributed by atoms with Gasteiger partial charge in [-0.25, -0.2) is 0 Å². The van der Waals surface area contributed by atoms with Crippen molar-refractivity contribution in [2.24, 2.45) is 11.7 Å². The Balaban J connectivity index is 2.96. The number of aliphatic hydroxyl groups excluding tert-OH is 1. The second-order valence-electron chi connectivity index (χ2n) is 4.15. The Morgan fingerprint density at radius 1 is 1.38 bits per heavy atom. The lowest BCUT2D eigenvalue weighted by Crippen LogP contribution is -2.30. The van der Waals surface area contributed by atoms with Crippen LogP contribution in [0.2, 0.25) is 5.02 Å². The first-order valence-corrected chi connectivity index (χ1v) is 5.62. The Hall–Kier alpha value is -0.770. The summed E-state index contributed by atoms with van der Waals surface area (Å²) in [6.45, 7) is 3.86. The molecule has 16 heavy (non-hydrogen) atoms. The molecule has 0 radical (unpaired) electrons. The van der Waals surface area contributed by atoms with Crippen LogP contribution >= 0.6 is 11.6 Å². The van der Waals surface area contributed by atoms with Gasteiger partial charge in [0.05, 0.1) is 24.3 Å². The Labute approximate surface area is 101 Å². The summed E-state index contributed by atoms with van der Waals surface area (Å²) in [5, 5.41) is 10.4. The zero-order valence-corrected chi connectivity index (χ0v) is 10.5. The summed E-state index contributed by atoms with van der Waals surface area (Å²) >= 11 is 5.91. The fraction of sp³-hybridized carbons (Fsp3) is 0.500. The van der Waals surface area contributed by atoms with Gasteiger partial charge in [0.1, 0.15) is 5.75 Å². The molecule has 0 heterocycles. The van der Waals surface area contributed by atoms with Crippen LogP contribution in [0.25, 0.3) is 0 Å². The Kier molecular flexibility index (Phi) is 4.59. The molecule has 2 atom stereocenters. The maximum Gasteiger partial charge on any atom is 0.137 e. The van der Waals surface area contributed by atoms with Crippen molar-refractivity contribution in [1.82, 2.24) is 0 Å². The van der Waals surface area contributed by atoms with Gasteiger partial charge in [0.25, 0.3) is 0 Å². The summed E-state index contributed by atoms with van der Waals surface area (Å²) in [6.07, 6.45) is -0.578. The molecule has 0 saturated heterocycles. The highest BCUT2D eigenvalue weighted by Gasteiger charge is 2.20. The van der Waals surface area contributed by atoms with E-state index in [1.165, 1.54) is 0 Å². The maximum atomic E-state index is 9.88. The highest BCUT2D eigenvalue weighted by Crippen LogP contribution is 2.29. The minimum Gasteiger partial charge on any atom is -0.495 e. The minimum atomic E-state index is -0.578. The molecule has 0 unspecified atom stereocenters. The molecule has 0 aliphatic rings. The first-order valence-electron chi connectivity index (χ1n) is 5.24. The zero-order chi connectivity index (χ0) is 12.3. The second-order valence-corrected chi connectivity index (χ2v) is 4.56. The van der Waals surface area contributed by atoms with Gasteiger partial charge in [-0.15, -0.1) is 0 Å². The van der Waals surface area contributed by atoms with Crippen molar-refractivity contribution >= 4 is 11.6 Å². The van der Waals surface area contributed by atoms with Crippen LogP contribution in [0.1, 0.15) is 25.5 Å². The maximum absolute atomic E-state index is 9.88. The lowest BCUT2D eigenvalue weighted by molar-refractivity contribution is 0.0979. The minimum absolute atomic E-state index is 0.108. The Morgan fingerprint density at radius 3 is 2.50 bits per heavy atom. The third kappa shape index (κ3) is 2.88. The standard InChI is InChI=1S/C12H18ClNO2/c1-7(2)12(15)11(14)8-4-5-9(13)10(6-8)16-3/h4-7,11-12,15H,14H2,1-3H3/t11-,12+/m1/s1. The van der Waals surface area contributed by atoms with Gasteiger partial charge in [0, 0.05) is 0 Å². The van der Waals surface area contributed by atoms with E-state index in [2.05, 4.69) is 0 Å². The number of ether oxygens (including phenoxy) is 1. The van der Waals surface area contributed by atoms with Gasteiger partial charge in [0.15, 0.2) is 0 Å². The fourth-order valence-corrected chi connectivity index (χ4v) is 1.69. The quantitative estimate of drug-likeness (QED) is 0.854. The molecule has 0 spiro atoms. The predicted molar refractivity (Wildman–Crippen MR) is 65.8 cm³/mol. The van der Waals surface area contributed by atoms with E-state index in [4.69, 9.17) is 22.1 Å². The van der Waals surface area contributed by atoms with Crippen LogP contribution < -0.4 is 10.5 Å². The highest BCUT2D eigenvalue weighted by molar-refractivity contribution is 6.32. The van der Waals surface area contributed by atoms with Gasteiger partial charge in [-0.05, 0) is 23.6 Å². The summed E-state index contributed by atoms with van der Waals surface area (Å²) in [7, 11) is 1.55. The second kappa shape index (κ2) is 5.53. The number of nitrogens with two attached hydrogens (primary N) is 1. The Bertz CT molecular complexity index is 355. The summed E-state index contributed by atoms with van der Waals surface area (Å²) in [5.41, 5.74) is 6.79. The summed E-state index contributed by atoms with van der Waals surface area (Å²) in [4.78, 5) is 0. The van der Waals surface area contributed by atoms with Crippen LogP contribution in [0, 0.1) is 5.92 Å². The summed E-state index contributed by atoms with van der Waals surface area (Å²) in [6, 6.07) is 4.87. The molecule has 4 heteroatoms. The predicted octanol–water partition coefficient (Wildman–Crippen LogP) is 2.37. The molecule has 0 fully saturated rings. The first kappa shape index (κ1) is 13.3. The SMILES string of the molecule is COc1cc([C@@H](N)[C@@H](O)C(C)C)ccc1Cl. The van der Waals surface area contributed by atoms with Gasteiger partial charge < -0.3 is 15.6 Å². The molecular weight excluding hydrogens is 226 g/mol. The van der Waals surface area contributed by atoms with Gasteiger partial charge in [-0.3, -0.25) is 0 Å². The summed E-state index contributed by atoms with van der Waals surface area (Å²) in [5.74, 6) is 0.683. The molecular formula is C12H18ClNO2. The van der Waals surface area contributed by atoms with Crippen molar-refractivity contribution in [2.75, 3.05) is 7.11 Å². The average Bonchev–Trinajstić information content (AvgIpc) is 2.27. The van der Waals surface area contributed by atoms with E-state index in [0.29, 0.717) is 10.8 Å². The summed E-state index contributed by atoms with van der Waals surface area (Å²) < 4.78 is 5.11. The number of rotatable bonds is 4. The molecule has 3 N–H and O–H groups in total. The molecule has 0 saturated carbocycles. The molecule has 0 amide bonds. The molecule has 1 aromatic carbocycles. The normalized spacial score (nSPS) is 14.9. The molecule has 1 rings (SSSR count). The first-order chi connectivity index (χ1) is 7.47. The van der Waals surface area contributed by atoms with E-state index in [1.807, 2.05) is 13.8 Å². The fourth-order valence-electron chi connectivity index (χ4n) is 1.50. The zero-order valence-electron chi connectivity index (χ0n) is 9.77. The molecule has 0 bridgehead atoms. The number of hydrogen-bond donors (Lipinski definition) is 2. The van der Waals surface area contributed by atoms with Crippen LogP contribution in [-0.4, -0.2) is 18.3 Å². The van der Waals surface area contributed by atoms with Gasteiger partial charge in [-0.1, -0.05) is 31.5 Å². The number of halogens is 1. The van der Waals surface area contributed by atoms with Crippen LogP contribution in [0.4, 0.5) is 0 Å². The molecule has 1 aromatic rings. The van der Waals surface area contributed by atoms with Crippen molar-refractivity contribution in [3.05, 3.63) is 28.8 Å². The molecule has 0 aliphatic heterocycles.